The van der Waals surface area contributed by atoms with E-state index in [-0.39, 0.29) is 12.4 Å². The lowest BCUT2D eigenvalue weighted by Crippen LogP contribution is -2.06. The Hall–Kier alpha value is -3.06. The van der Waals surface area contributed by atoms with Crippen LogP contribution in [-0.4, -0.2) is 28.5 Å². The highest BCUT2D eigenvalue weighted by Crippen LogP contribution is 2.44. The molecule has 0 aliphatic heterocycles. The Balaban J connectivity index is 1.66. The monoisotopic (exact) mass is 519 g/mol. The summed E-state index contributed by atoms with van der Waals surface area (Å²) in [6.45, 7) is 2.04. The molecule has 0 fully saturated rings. The Bertz CT molecular complexity index is 1520. The highest BCUT2D eigenvalue weighted by molar-refractivity contribution is 8.01. The van der Waals surface area contributed by atoms with Crippen LogP contribution >= 0.6 is 34.7 Å². The molecule has 0 aliphatic rings. The summed E-state index contributed by atoms with van der Waals surface area (Å²) >= 11 is 9.19. The van der Waals surface area contributed by atoms with E-state index < -0.39 is 5.97 Å². The van der Waals surface area contributed by atoms with Crippen molar-refractivity contribution in [3.63, 3.8) is 0 Å². The van der Waals surface area contributed by atoms with Gasteiger partial charge in [-0.05, 0) is 55.3 Å². The zero-order valence-electron chi connectivity index (χ0n) is 19.0. The number of rotatable bonds is 8. The van der Waals surface area contributed by atoms with Crippen molar-refractivity contribution in [1.82, 2.24) is 4.40 Å². The summed E-state index contributed by atoms with van der Waals surface area (Å²) < 4.78 is 8.43. The maximum Gasteiger partial charge on any atom is 0.341 e. The molecule has 2 aromatic carbocycles. The molecule has 7 heteroatoms. The third kappa shape index (κ3) is 4.61. The summed E-state index contributed by atoms with van der Waals surface area (Å²) in [5, 5.41) is 1.22. The molecule has 0 spiro atoms. The first-order valence-corrected chi connectivity index (χ1v) is 13.5. The van der Waals surface area contributed by atoms with E-state index in [9.17, 15) is 9.59 Å². The fraction of sp³-hybridized carbons (Fsp3) is 0.143. The molecule has 0 amide bonds. The van der Waals surface area contributed by atoms with Gasteiger partial charge in [0.2, 0.25) is 5.78 Å². The first-order valence-electron chi connectivity index (χ1n) is 11.3. The summed E-state index contributed by atoms with van der Waals surface area (Å²) in [4.78, 5) is 27.4. The summed E-state index contributed by atoms with van der Waals surface area (Å²) in [7, 11) is 0. The standard InChI is InChI=1S/C28H22ClNO3S2/c1-2-33-27(32)22-21-10-6-7-16-30(21)24-23(22)26(25(31)19-11-13-20(29)14-12-19)35-28(24)34-17-15-18-8-4-3-5-9-18/h3-14,16H,2,15,17H2,1H3. The number of nitrogens with zero attached hydrogens (tertiary/aromatic N) is 1. The van der Waals surface area contributed by atoms with Crippen LogP contribution in [0.15, 0.2) is 83.2 Å². The van der Waals surface area contributed by atoms with Crippen molar-refractivity contribution in [2.24, 2.45) is 0 Å². The first kappa shape index (κ1) is 23.7. The van der Waals surface area contributed by atoms with E-state index >= 15 is 0 Å². The number of carbonyl (C=O) groups excluding carboxylic acids is 2. The van der Waals surface area contributed by atoms with Crippen LogP contribution in [0.3, 0.4) is 0 Å². The number of esters is 1. The van der Waals surface area contributed by atoms with Crippen molar-refractivity contribution in [3.05, 3.63) is 106 Å². The van der Waals surface area contributed by atoms with Crippen molar-refractivity contribution < 1.29 is 14.3 Å². The van der Waals surface area contributed by atoms with Gasteiger partial charge >= 0.3 is 5.97 Å². The Morgan fingerprint density at radius 3 is 2.49 bits per heavy atom. The molecule has 5 rings (SSSR count). The van der Waals surface area contributed by atoms with Gasteiger partial charge in [-0.3, -0.25) is 4.79 Å². The van der Waals surface area contributed by atoms with E-state index in [1.807, 2.05) is 47.0 Å². The Kier molecular flexibility index (Phi) is 6.95. The Morgan fingerprint density at radius 1 is 1.00 bits per heavy atom. The maximum absolute atomic E-state index is 13.7. The van der Waals surface area contributed by atoms with E-state index in [1.54, 1.807) is 43.0 Å². The molecule has 0 bridgehead atoms. The zero-order chi connectivity index (χ0) is 24.4. The summed E-state index contributed by atoms with van der Waals surface area (Å²) in [6.07, 6.45) is 2.84. The second kappa shape index (κ2) is 10.3. The SMILES string of the molecule is CCOC(=O)c1c2c(C(=O)c3ccc(Cl)cc3)sc(SCCc3ccccc3)c2n2ccccc12. The summed E-state index contributed by atoms with van der Waals surface area (Å²) in [6, 6.07) is 22.9. The molecule has 0 radical (unpaired) electrons. The zero-order valence-corrected chi connectivity index (χ0v) is 21.4. The smallest absolute Gasteiger partial charge is 0.341 e. The summed E-state index contributed by atoms with van der Waals surface area (Å²) in [5.41, 5.74) is 3.84. The molecule has 0 unspecified atom stereocenters. The van der Waals surface area contributed by atoms with E-state index in [1.165, 1.54) is 16.9 Å². The van der Waals surface area contributed by atoms with Crippen LogP contribution in [-0.2, 0) is 11.2 Å². The highest BCUT2D eigenvalue weighted by atomic mass is 35.5. The number of ether oxygens (including phenoxy) is 1. The molecule has 176 valence electrons. The van der Waals surface area contributed by atoms with Gasteiger partial charge in [0.25, 0.3) is 0 Å². The Morgan fingerprint density at radius 2 is 1.74 bits per heavy atom. The lowest BCUT2D eigenvalue weighted by atomic mass is 10.1. The van der Waals surface area contributed by atoms with Gasteiger partial charge in [-0.2, -0.15) is 0 Å². The maximum atomic E-state index is 13.7. The normalized spacial score (nSPS) is 11.3. The number of thiophene rings is 1. The molecule has 0 aliphatic carbocycles. The summed E-state index contributed by atoms with van der Waals surface area (Å²) in [5.74, 6) is 0.297. The van der Waals surface area contributed by atoms with Crippen molar-refractivity contribution in [3.8, 4) is 0 Å². The van der Waals surface area contributed by atoms with Crippen molar-refractivity contribution in [1.29, 1.82) is 0 Å². The Labute approximate surface area is 216 Å². The third-order valence-electron chi connectivity index (χ3n) is 5.72. The number of fused-ring (bicyclic) bond motifs is 3. The lowest BCUT2D eigenvalue weighted by molar-refractivity contribution is 0.0531. The number of thioether (sulfide) groups is 1. The van der Waals surface area contributed by atoms with E-state index in [4.69, 9.17) is 16.3 Å². The number of halogens is 1. The van der Waals surface area contributed by atoms with Crippen LogP contribution in [0, 0.1) is 0 Å². The number of hydrogen-bond acceptors (Lipinski definition) is 5. The fourth-order valence-corrected chi connectivity index (χ4v) is 6.84. The molecule has 35 heavy (non-hydrogen) atoms. The van der Waals surface area contributed by atoms with Gasteiger partial charge in [-0.25, -0.2) is 4.79 Å². The topological polar surface area (TPSA) is 47.8 Å². The number of benzene rings is 2. The molecule has 3 heterocycles. The molecule has 3 aromatic heterocycles. The van der Waals surface area contributed by atoms with Gasteiger partial charge in [-0.1, -0.05) is 48.0 Å². The lowest BCUT2D eigenvalue weighted by Gasteiger charge is -2.04. The average molecular weight is 520 g/mol. The van der Waals surface area contributed by atoms with E-state index in [2.05, 4.69) is 12.1 Å². The van der Waals surface area contributed by atoms with Gasteiger partial charge < -0.3 is 9.14 Å². The van der Waals surface area contributed by atoms with Crippen LogP contribution < -0.4 is 0 Å². The molecule has 0 atom stereocenters. The van der Waals surface area contributed by atoms with Crippen LogP contribution in [0.2, 0.25) is 5.02 Å². The predicted molar refractivity (Wildman–Crippen MR) is 144 cm³/mol. The number of ketones is 1. The second-order valence-corrected chi connectivity index (χ2v) is 10.7. The minimum atomic E-state index is -0.421. The molecular formula is C28H22ClNO3S2. The molecular weight excluding hydrogens is 498 g/mol. The van der Waals surface area contributed by atoms with Crippen molar-refractivity contribution in [2.45, 2.75) is 17.6 Å². The minimum Gasteiger partial charge on any atom is -0.462 e. The molecule has 0 saturated heterocycles. The van der Waals surface area contributed by atoms with Crippen LogP contribution in [0.5, 0.6) is 0 Å². The largest absolute Gasteiger partial charge is 0.462 e. The number of aryl methyl sites for hydroxylation is 1. The number of carbonyl (C=O) groups is 2. The van der Waals surface area contributed by atoms with Gasteiger partial charge in [0.05, 0.1) is 32.3 Å². The fourth-order valence-electron chi connectivity index (χ4n) is 4.13. The van der Waals surface area contributed by atoms with Gasteiger partial charge in [0.15, 0.2) is 0 Å². The quantitative estimate of drug-likeness (QED) is 0.121. The minimum absolute atomic E-state index is 0.131. The molecule has 0 saturated carbocycles. The van der Waals surface area contributed by atoms with Crippen LogP contribution in [0.25, 0.3) is 16.4 Å². The number of aromatic nitrogens is 1. The highest BCUT2D eigenvalue weighted by Gasteiger charge is 2.29. The molecule has 4 nitrogen and oxygen atoms in total. The molecule has 0 N–H and O–H groups in total. The average Bonchev–Trinajstić information content (AvgIpc) is 3.41. The van der Waals surface area contributed by atoms with E-state index in [0.717, 1.165) is 27.4 Å². The van der Waals surface area contributed by atoms with E-state index in [0.29, 0.717) is 26.4 Å². The number of hydrogen-bond donors (Lipinski definition) is 0. The van der Waals surface area contributed by atoms with Gasteiger partial charge in [0.1, 0.15) is 0 Å². The van der Waals surface area contributed by atoms with Crippen molar-refractivity contribution in [2.75, 3.05) is 12.4 Å². The van der Waals surface area contributed by atoms with Crippen LogP contribution in [0.1, 0.15) is 38.1 Å². The number of pyridine rings is 1. The van der Waals surface area contributed by atoms with Gasteiger partial charge in [0, 0.05) is 27.9 Å². The predicted octanol–water partition coefficient (Wildman–Crippen LogP) is 7.55. The van der Waals surface area contributed by atoms with Crippen molar-refractivity contribution >= 4 is 62.9 Å². The van der Waals surface area contributed by atoms with Gasteiger partial charge in [-0.15, -0.1) is 23.1 Å². The van der Waals surface area contributed by atoms with Crippen LogP contribution in [0.4, 0.5) is 0 Å². The first-order chi connectivity index (χ1) is 17.1. The third-order valence-corrected chi connectivity index (χ3v) is 8.41. The second-order valence-electron chi connectivity index (χ2n) is 7.91. The molecule has 5 aromatic rings.